The Hall–Kier alpha value is -11.2. The van der Waals surface area contributed by atoms with E-state index in [1.165, 1.54) is 0 Å². The molecule has 0 bridgehead atoms. The second-order valence-corrected chi connectivity index (χ2v) is 19.5. The van der Waals surface area contributed by atoms with Crippen LogP contribution in [0.3, 0.4) is 0 Å². The molecular weight excluding hydrogens is 1000 g/mol. The molecule has 0 amide bonds. The van der Waals surface area contributed by atoms with E-state index in [2.05, 4.69) is 287 Å². The summed E-state index contributed by atoms with van der Waals surface area (Å²) in [7, 11) is 0. The molecule has 0 unspecified atom stereocenters. The summed E-state index contributed by atoms with van der Waals surface area (Å²) >= 11 is 0. The number of pyridine rings is 1. The van der Waals surface area contributed by atoms with Crippen LogP contribution in [0.25, 0.3) is 45.3 Å². The summed E-state index contributed by atoms with van der Waals surface area (Å²) in [5.41, 5.74) is 13.6. The van der Waals surface area contributed by atoms with Gasteiger partial charge in [0.05, 0.1) is 11.4 Å². The third-order valence-corrected chi connectivity index (χ3v) is 14.2. The van der Waals surface area contributed by atoms with Crippen LogP contribution in [0, 0.1) is 0 Å². The van der Waals surface area contributed by atoms with Gasteiger partial charge in [-0.05, 0) is 103 Å². The number of rotatable bonds is 16. The fourth-order valence-electron chi connectivity index (χ4n) is 10.5. The minimum Gasteiger partial charge on any atom is -0.306 e. The minimum atomic E-state index is 0.555. The fourth-order valence-corrected chi connectivity index (χ4v) is 10.5. The van der Waals surface area contributed by atoms with Crippen molar-refractivity contribution in [3.05, 3.63) is 328 Å². The van der Waals surface area contributed by atoms with E-state index in [-0.39, 0.29) is 0 Å². The van der Waals surface area contributed by atoms with E-state index in [9.17, 15) is 0 Å². The van der Waals surface area contributed by atoms with E-state index in [0.717, 1.165) is 84.7 Å². The maximum atomic E-state index is 6.29. The summed E-state index contributed by atoms with van der Waals surface area (Å²) < 4.78 is 0. The first kappa shape index (κ1) is 50.3. The molecule has 390 valence electrons. The molecule has 82 heavy (non-hydrogen) atoms. The SMILES string of the molecule is c1ccc(-c2nc(-c3ccccc3)nc(-c3ccc(-c4c(N(c5ccccc5)c5ccccc5)c(N(c5ccccc5)c5ccccc5)nc(N(c5ccccc5)c5ccccc5)c4N(c4ccccc4)c4ccccc4)cc3)n2)cc1. The van der Waals surface area contributed by atoms with Crippen molar-refractivity contribution in [2.75, 3.05) is 19.6 Å². The Morgan fingerprint density at radius 1 is 0.171 bits per heavy atom. The van der Waals surface area contributed by atoms with Gasteiger partial charge in [-0.1, -0.05) is 231 Å². The second kappa shape index (κ2) is 23.4. The van der Waals surface area contributed by atoms with Crippen molar-refractivity contribution in [2.24, 2.45) is 0 Å². The van der Waals surface area contributed by atoms with Gasteiger partial charge in [0.15, 0.2) is 29.1 Å². The zero-order valence-electron chi connectivity index (χ0n) is 44.8. The largest absolute Gasteiger partial charge is 0.306 e. The highest BCUT2D eigenvalue weighted by molar-refractivity contribution is 6.09. The zero-order valence-corrected chi connectivity index (χ0v) is 44.8. The lowest BCUT2D eigenvalue weighted by Gasteiger charge is -2.39. The number of hydrogen-bond donors (Lipinski definition) is 0. The fraction of sp³-hybridized carbons (Fsp3) is 0. The molecule has 2 heterocycles. The summed E-state index contributed by atoms with van der Waals surface area (Å²) in [6.07, 6.45) is 0. The van der Waals surface area contributed by atoms with Crippen molar-refractivity contribution >= 4 is 68.5 Å². The van der Waals surface area contributed by atoms with Crippen LogP contribution < -0.4 is 19.6 Å². The van der Waals surface area contributed by atoms with Crippen molar-refractivity contribution in [2.45, 2.75) is 0 Å². The van der Waals surface area contributed by atoms with Crippen molar-refractivity contribution < 1.29 is 0 Å². The van der Waals surface area contributed by atoms with E-state index in [4.69, 9.17) is 19.9 Å². The Kier molecular flexibility index (Phi) is 14.4. The van der Waals surface area contributed by atoms with Crippen molar-refractivity contribution in [1.29, 1.82) is 0 Å². The van der Waals surface area contributed by atoms with Gasteiger partial charge in [0.25, 0.3) is 0 Å². The summed E-state index contributed by atoms with van der Waals surface area (Å²) in [4.78, 5) is 31.1. The van der Waals surface area contributed by atoms with E-state index >= 15 is 0 Å². The lowest BCUT2D eigenvalue weighted by molar-refractivity contribution is 1.07. The molecule has 0 atom stereocenters. The lowest BCUT2D eigenvalue weighted by atomic mass is 9.96. The van der Waals surface area contributed by atoms with Crippen LogP contribution in [0.2, 0.25) is 0 Å². The van der Waals surface area contributed by atoms with Crippen LogP contribution in [0.4, 0.5) is 68.5 Å². The predicted octanol–water partition coefficient (Wildman–Crippen LogP) is 19.8. The predicted molar refractivity (Wildman–Crippen MR) is 338 cm³/mol. The van der Waals surface area contributed by atoms with Gasteiger partial charge in [0.1, 0.15) is 0 Å². The molecule has 0 radical (unpaired) electrons. The third kappa shape index (κ3) is 10.3. The second-order valence-electron chi connectivity index (χ2n) is 19.5. The van der Waals surface area contributed by atoms with Gasteiger partial charge in [-0.3, -0.25) is 9.80 Å². The Morgan fingerprint density at radius 3 is 0.610 bits per heavy atom. The summed E-state index contributed by atoms with van der Waals surface area (Å²) in [5, 5.41) is 0. The molecule has 13 rings (SSSR count). The lowest BCUT2D eigenvalue weighted by Crippen LogP contribution is -2.24. The van der Waals surface area contributed by atoms with Gasteiger partial charge in [-0.25, -0.2) is 19.9 Å². The summed E-state index contributed by atoms with van der Waals surface area (Å²) in [6.45, 7) is 0. The highest BCUT2D eigenvalue weighted by Crippen LogP contribution is 2.58. The summed E-state index contributed by atoms with van der Waals surface area (Å²) in [6, 6.07) is 114. The number of aromatic nitrogens is 4. The minimum absolute atomic E-state index is 0.555. The van der Waals surface area contributed by atoms with E-state index < -0.39 is 0 Å². The van der Waals surface area contributed by atoms with E-state index in [1.54, 1.807) is 0 Å². The normalized spacial score (nSPS) is 10.9. The van der Waals surface area contributed by atoms with Gasteiger partial charge >= 0.3 is 0 Å². The first-order valence-electron chi connectivity index (χ1n) is 27.4. The maximum Gasteiger partial charge on any atom is 0.165 e. The van der Waals surface area contributed by atoms with Gasteiger partial charge in [-0.2, -0.15) is 0 Å². The highest BCUT2D eigenvalue weighted by Gasteiger charge is 2.36. The van der Waals surface area contributed by atoms with Crippen LogP contribution in [0.15, 0.2) is 328 Å². The van der Waals surface area contributed by atoms with Crippen LogP contribution in [-0.2, 0) is 0 Å². The van der Waals surface area contributed by atoms with Crippen LogP contribution in [-0.4, -0.2) is 19.9 Å². The van der Waals surface area contributed by atoms with Gasteiger partial charge < -0.3 is 9.80 Å². The maximum absolute atomic E-state index is 6.29. The molecular formula is C74H54N8. The average Bonchev–Trinajstić information content (AvgIpc) is 2.85. The molecule has 8 heteroatoms. The average molecular weight is 1060 g/mol. The Bertz CT molecular complexity index is 3770. The molecule has 0 N–H and O–H groups in total. The molecule has 0 saturated carbocycles. The third-order valence-electron chi connectivity index (χ3n) is 14.2. The Balaban J connectivity index is 1.22. The molecule has 0 fully saturated rings. The van der Waals surface area contributed by atoms with Crippen LogP contribution in [0.5, 0.6) is 0 Å². The van der Waals surface area contributed by atoms with E-state index in [0.29, 0.717) is 29.1 Å². The van der Waals surface area contributed by atoms with Crippen molar-refractivity contribution in [3.8, 4) is 45.3 Å². The molecule has 2 aromatic heterocycles. The monoisotopic (exact) mass is 1050 g/mol. The first-order valence-corrected chi connectivity index (χ1v) is 27.4. The molecule has 0 saturated heterocycles. The topological polar surface area (TPSA) is 64.5 Å². The van der Waals surface area contributed by atoms with Gasteiger partial charge in [-0.15, -0.1) is 0 Å². The number of para-hydroxylation sites is 8. The van der Waals surface area contributed by atoms with Gasteiger partial charge in [0, 0.05) is 67.8 Å². The molecule has 0 spiro atoms. The Morgan fingerprint density at radius 2 is 0.366 bits per heavy atom. The smallest absolute Gasteiger partial charge is 0.165 e. The molecule has 13 aromatic rings. The molecule has 0 aliphatic rings. The van der Waals surface area contributed by atoms with Crippen LogP contribution in [0.1, 0.15) is 0 Å². The number of anilines is 12. The molecule has 8 nitrogen and oxygen atoms in total. The standard InChI is InChI=1S/C74H54N8/c1-11-31-56(32-12-1)70-75-71(57-33-13-2-14-34-57)77-72(76-70)58-53-51-55(52-54-58)67-68(79(59-35-15-3-16-36-59)60-37-17-4-18-38-60)73(81(63-43-23-7-24-44-63)64-45-25-8-26-46-64)78-74(82(65-47-27-9-28-48-65)66-49-29-10-30-50-66)69(67)80(61-39-19-5-20-40-61)62-41-21-6-22-42-62/h1-54H. The number of nitrogens with zero attached hydrogens (tertiary/aromatic N) is 8. The highest BCUT2D eigenvalue weighted by atomic mass is 15.3. The quantitative estimate of drug-likeness (QED) is 0.0948. The van der Waals surface area contributed by atoms with Crippen molar-refractivity contribution in [1.82, 2.24) is 19.9 Å². The first-order chi connectivity index (χ1) is 40.7. The molecule has 11 aromatic carbocycles. The number of hydrogen-bond acceptors (Lipinski definition) is 8. The zero-order chi connectivity index (χ0) is 54.9. The summed E-state index contributed by atoms with van der Waals surface area (Å²) in [5.74, 6) is 3.10. The number of benzene rings is 11. The Labute approximate surface area is 478 Å². The van der Waals surface area contributed by atoms with Gasteiger partial charge in [0.2, 0.25) is 0 Å². The molecule has 0 aliphatic carbocycles. The molecule has 0 aliphatic heterocycles. The van der Waals surface area contributed by atoms with Crippen LogP contribution >= 0.6 is 0 Å². The van der Waals surface area contributed by atoms with E-state index in [1.807, 2.05) is 60.7 Å². The van der Waals surface area contributed by atoms with Crippen molar-refractivity contribution in [3.63, 3.8) is 0 Å².